The van der Waals surface area contributed by atoms with Gasteiger partial charge in [0.1, 0.15) is 0 Å². The average molecular weight is 174 g/mol. The minimum Gasteiger partial charge on any atom is -0.264 e. The molecule has 0 fully saturated rings. The number of hydrogen-bond acceptors (Lipinski definition) is 2. The van der Waals surface area contributed by atoms with Gasteiger partial charge >= 0.3 is 0 Å². The van der Waals surface area contributed by atoms with E-state index in [2.05, 4.69) is 9.97 Å². The number of hydrogen-bond donors (Lipinski definition) is 0. The number of aromatic nitrogens is 2. The smallest absolute Gasteiger partial charge is 0.213 e. The third-order valence-electron chi connectivity index (χ3n) is 1.72. The molecule has 0 aliphatic heterocycles. The van der Waals surface area contributed by atoms with Gasteiger partial charge in [-0.25, -0.2) is 4.98 Å². The van der Waals surface area contributed by atoms with E-state index in [0.717, 1.165) is 11.1 Å². The van der Waals surface area contributed by atoms with Crippen molar-refractivity contribution in [2.45, 2.75) is 0 Å². The lowest BCUT2D eigenvalue weighted by molar-refractivity contribution is 0.584. The van der Waals surface area contributed by atoms with Gasteiger partial charge in [0.15, 0.2) is 0 Å². The maximum atomic E-state index is 12.7. The summed E-state index contributed by atoms with van der Waals surface area (Å²) in [6, 6.07) is 6.83. The largest absolute Gasteiger partial charge is 0.264 e. The molecule has 0 aromatic carbocycles. The fourth-order valence-corrected chi connectivity index (χ4v) is 1.12. The minimum absolute atomic E-state index is 0.471. The van der Waals surface area contributed by atoms with Crippen LogP contribution in [0.3, 0.4) is 0 Å². The molecule has 0 unspecified atom stereocenters. The van der Waals surface area contributed by atoms with Crippen LogP contribution in [0.1, 0.15) is 0 Å². The standard InChI is InChI=1S/C10H7FN2/c11-10-6-8(3-5-13-10)9-2-1-4-12-7-9/h1-7H. The SMILES string of the molecule is Fc1cc(-c2cccnc2)ccn1. The molecule has 2 nitrogen and oxygen atoms in total. The Kier molecular flexibility index (Phi) is 2.00. The van der Waals surface area contributed by atoms with E-state index in [0.29, 0.717) is 0 Å². The zero-order valence-electron chi connectivity index (χ0n) is 6.81. The highest BCUT2D eigenvalue weighted by atomic mass is 19.1. The summed E-state index contributed by atoms with van der Waals surface area (Å²) in [5, 5.41) is 0. The van der Waals surface area contributed by atoms with Crippen molar-refractivity contribution in [3.63, 3.8) is 0 Å². The summed E-state index contributed by atoms with van der Waals surface area (Å²) in [5.74, 6) is -0.471. The minimum atomic E-state index is -0.471. The van der Waals surface area contributed by atoms with Crippen molar-refractivity contribution in [2.75, 3.05) is 0 Å². The topological polar surface area (TPSA) is 25.8 Å². The molecule has 0 atom stereocenters. The zero-order valence-corrected chi connectivity index (χ0v) is 6.81. The van der Waals surface area contributed by atoms with Crippen LogP contribution in [0.25, 0.3) is 11.1 Å². The number of nitrogens with zero attached hydrogens (tertiary/aromatic N) is 2. The van der Waals surface area contributed by atoms with Gasteiger partial charge in [0.25, 0.3) is 0 Å². The first kappa shape index (κ1) is 7.86. The van der Waals surface area contributed by atoms with Crippen LogP contribution in [0.5, 0.6) is 0 Å². The summed E-state index contributed by atoms with van der Waals surface area (Å²) in [4.78, 5) is 7.43. The molecule has 0 radical (unpaired) electrons. The normalized spacial score (nSPS) is 9.92. The molecular formula is C10H7FN2. The second kappa shape index (κ2) is 3.31. The third-order valence-corrected chi connectivity index (χ3v) is 1.72. The maximum Gasteiger partial charge on any atom is 0.213 e. The lowest BCUT2D eigenvalue weighted by atomic mass is 10.1. The molecule has 0 bridgehead atoms. The van der Waals surface area contributed by atoms with Gasteiger partial charge < -0.3 is 0 Å². The fraction of sp³-hybridized carbons (Fsp3) is 0. The van der Waals surface area contributed by atoms with Crippen LogP contribution >= 0.6 is 0 Å². The summed E-state index contributed by atoms with van der Waals surface area (Å²) in [6.45, 7) is 0. The van der Waals surface area contributed by atoms with Crippen LogP contribution < -0.4 is 0 Å². The van der Waals surface area contributed by atoms with Crippen LogP contribution in [0.4, 0.5) is 4.39 Å². The molecule has 0 saturated carbocycles. The van der Waals surface area contributed by atoms with Crippen molar-refractivity contribution < 1.29 is 4.39 Å². The number of rotatable bonds is 1. The van der Waals surface area contributed by atoms with Crippen LogP contribution in [0.2, 0.25) is 0 Å². The molecule has 0 aliphatic carbocycles. The predicted molar refractivity (Wildman–Crippen MR) is 47.4 cm³/mol. The lowest BCUT2D eigenvalue weighted by Gasteiger charge is -1.98. The Morgan fingerprint density at radius 2 is 2.00 bits per heavy atom. The highest BCUT2D eigenvalue weighted by Gasteiger charge is 1.98. The average Bonchev–Trinajstić information content (AvgIpc) is 2.19. The number of halogens is 1. The van der Waals surface area contributed by atoms with Crippen molar-refractivity contribution in [2.24, 2.45) is 0 Å². The van der Waals surface area contributed by atoms with E-state index in [4.69, 9.17) is 0 Å². The van der Waals surface area contributed by atoms with Crippen LogP contribution in [0, 0.1) is 5.95 Å². The Balaban J connectivity index is 2.48. The molecule has 2 heterocycles. The molecule has 2 aromatic rings. The van der Waals surface area contributed by atoms with Gasteiger partial charge in [-0.15, -0.1) is 0 Å². The van der Waals surface area contributed by atoms with Crippen LogP contribution in [0.15, 0.2) is 42.9 Å². The van der Waals surface area contributed by atoms with Crippen LogP contribution in [-0.2, 0) is 0 Å². The van der Waals surface area contributed by atoms with Gasteiger partial charge in [-0.05, 0) is 17.7 Å². The predicted octanol–water partition coefficient (Wildman–Crippen LogP) is 2.28. The first-order chi connectivity index (χ1) is 6.36. The van der Waals surface area contributed by atoms with Gasteiger partial charge in [-0.2, -0.15) is 4.39 Å². The molecule has 3 heteroatoms. The molecule has 0 spiro atoms. The van der Waals surface area contributed by atoms with E-state index in [1.807, 2.05) is 12.1 Å². The molecule has 13 heavy (non-hydrogen) atoms. The van der Waals surface area contributed by atoms with Gasteiger partial charge in [-0.1, -0.05) is 6.07 Å². The fourth-order valence-electron chi connectivity index (χ4n) is 1.12. The van der Waals surface area contributed by atoms with E-state index in [1.54, 1.807) is 18.5 Å². The Morgan fingerprint density at radius 3 is 2.69 bits per heavy atom. The summed E-state index contributed by atoms with van der Waals surface area (Å²) in [6.07, 6.45) is 4.81. The highest BCUT2D eigenvalue weighted by molar-refractivity contribution is 5.61. The monoisotopic (exact) mass is 174 g/mol. The summed E-state index contributed by atoms with van der Waals surface area (Å²) in [7, 11) is 0. The second-order valence-electron chi connectivity index (χ2n) is 2.61. The number of pyridine rings is 2. The van der Waals surface area contributed by atoms with Crippen molar-refractivity contribution in [3.05, 3.63) is 48.8 Å². The first-order valence-electron chi connectivity index (χ1n) is 3.88. The lowest BCUT2D eigenvalue weighted by Crippen LogP contribution is -1.83. The molecule has 0 amide bonds. The summed E-state index contributed by atoms with van der Waals surface area (Å²) in [5.41, 5.74) is 1.68. The van der Waals surface area contributed by atoms with Crippen molar-refractivity contribution >= 4 is 0 Å². The van der Waals surface area contributed by atoms with E-state index >= 15 is 0 Å². The molecule has 0 N–H and O–H groups in total. The zero-order chi connectivity index (χ0) is 9.10. The molecule has 2 rings (SSSR count). The molecule has 2 aromatic heterocycles. The van der Waals surface area contributed by atoms with E-state index in [-0.39, 0.29) is 0 Å². The van der Waals surface area contributed by atoms with Gasteiger partial charge in [0, 0.05) is 30.2 Å². The van der Waals surface area contributed by atoms with Crippen molar-refractivity contribution in [3.8, 4) is 11.1 Å². The maximum absolute atomic E-state index is 12.7. The van der Waals surface area contributed by atoms with Crippen LogP contribution in [-0.4, -0.2) is 9.97 Å². The Bertz CT molecular complexity index is 401. The first-order valence-corrected chi connectivity index (χ1v) is 3.88. The van der Waals surface area contributed by atoms with E-state index < -0.39 is 5.95 Å². The summed E-state index contributed by atoms with van der Waals surface area (Å²) >= 11 is 0. The van der Waals surface area contributed by atoms with E-state index in [9.17, 15) is 4.39 Å². The Morgan fingerprint density at radius 1 is 1.08 bits per heavy atom. The molecule has 64 valence electrons. The highest BCUT2D eigenvalue weighted by Crippen LogP contribution is 2.16. The van der Waals surface area contributed by atoms with E-state index in [1.165, 1.54) is 12.3 Å². The third kappa shape index (κ3) is 1.69. The molecule has 0 aliphatic rings. The molecular weight excluding hydrogens is 167 g/mol. The Labute approximate surface area is 75.1 Å². The van der Waals surface area contributed by atoms with Gasteiger partial charge in [-0.3, -0.25) is 4.98 Å². The van der Waals surface area contributed by atoms with Gasteiger partial charge in [0.2, 0.25) is 5.95 Å². The van der Waals surface area contributed by atoms with Crippen molar-refractivity contribution in [1.29, 1.82) is 0 Å². The second-order valence-corrected chi connectivity index (χ2v) is 2.61. The molecule has 0 saturated heterocycles. The Hall–Kier alpha value is -1.77. The quantitative estimate of drug-likeness (QED) is 0.620. The van der Waals surface area contributed by atoms with Crippen molar-refractivity contribution in [1.82, 2.24) is 9.97 Å². The summed E-state index contributed by atoms with van der Waals surface area (Å²) < 4.78 is 12.7. The van der Waals surface area contributed by atoms with Gasteiger partial charge in [0.05, 0.1) is 0 Å².